The minimum Gasteiger partial charge on any atom is -0.368 e. The zero-order valence-electron chi connectivity index (χ0n) is 10.6. The number of rotatable bonds is 4. The molecule has 0 aliphatic heterocycles. The van der Waals surface area contributed by atoms with Crippen LogP contribution in [0.25, 0.3) is 0 Å². The van der Waals surface area contributed by atoms with Crippen LogP contribution < -0.4 is 16.6 Å². The van der Waals surface area contributed by atoms with Crippen LogP contribution in [-0.2, 0) is 0 Å². The Morgan fingerprint density at radius 3 is 2.94 bits per heavy atom. The zero-order chi connectivity index (χ0) is 13.0. The summed E-state index contributed by atoms with van der Waals surface area (Å²) in [5, 5.41) is 3.83. The number of hydrogen-bond donors (Lipinski definition) is 3. The lowest BCUT2D eigenvalue weighted by Crippen LogP contribution is -2.25. The molecule has 1 aromatic heterocycles. The van der Waals surface area contributed by atoms with Crippen LogP contribution in [0.1, 0.15) is 32.6 Å². The van der Waals surface area contributed by atoms with Crippen LogP contribution in [0, 0.1) is 11.8 Å². The van der Waals surface area contributed by atoms with E-state index in [1.807, 2.05) is 0 Å². The lowest BCUT2D eigenvalue weighted by atomic mass is 9.80. The topological polar surface area (TPSA) is 75.9 Å². The molecule has 6 heteroatoms. The second kappa shape index (κ2) is 6.20. The molecule has 0 radical (unpaired) electrons. The molecule has 1 heterocycles. The Hall–Kier alpha value is -1.07. The van der Waals surface area contributed by atoms with Crippen molar-refractivity contribution in [3.63, 3.8) is 0 Å². The highest BCUT2D eigenvalue weighted by Crippen LogP contribution is 2.30. The number of hydrogen-bond acceptors (Lipinski definition) is 5. The van der Waals surface area contributed by atoms with Gasteiger partial charge in [0.15, 0.2) is 5.82 Å². The summed E-state index contributed by atoms with van der Waals surface area (Å²) in [5.41, 5.74) is 2.42. The number of nitrogens with two attached hydrogens (primary N) is 1. The summed E-state index contributed by atoms with van der Waals surface area (Å²) in [5.74, 6) is 7.76. The lowest BCUT2D eigenvalue weighted by Gasteiger charge is -2.29. The Bertz CT molecular complexity index is 398. The van der Waals surface area contributed by atoms with Crippen molar-refractivity contribution in [2.75, 3.05) is 17.3 Å². The van der Waals surface area contributed by atoms with E-state index in [2.05, 4.69) is 27.6 Å². The Morgan fingerprint density at radius 1 is 1.44 bits per heavy atom. The van der Waals surface area contributed by atoms with Crippen LogP contribution in [0.5, 0.6) is 0 Å². The Balaban J connectivity index is 1.96. The molecule has 0 spiro atoms. The van der Waals surface area contributed by atoms with Crippen LogP contribution in [0.3, 0.4) is 0 Å². The first-order chi connectivity index (χ1) is 8.70. The van der Waals surface area contributed by atoms with E-state index in [1.54, 1.807) is 6.20 Å². The third-order valence-electron chi connectivity index (χ3n) is 3.69. The number of anilines is 2. The van der Waals surface area contributed by atoms with Gasteiger partial charge >= 0.3 is 0 Å². The molecule has 0 amide bonds. The van der Waals surface area contributed by atoms with E-state index in [9.17, 15) is 0 Å². The van der Waals surface area contributed by atoms with E-state index in [0.29, 0.717) is 22.7 Å². The summed E-state index contributed by atoms with van der Waals surface area (Å²) in [6.07, 6.45) is 6.83. The highest BCUT2D eigenvalue weighted by molar-refractivity contribution is 6.32. The SMILES string of the molecule is CC1CCCCC1CNc1nc(NN)ncc1Cl. The van der Waals surface area contributed by atoms with E-state index >= 15 is 0 Å². The van der Waals surface area contributed by atoms with Gasteiger partial charge < -0.3 is 5.32 Å². The summed E-state index contributed by atoms with van der Waals surface area (Å²) >= 11 is 6.05. The van der Waals surface area contributed by atoms with Crippen molar-refractivity contribution in [3.05, 3.63) is 11.2 Å². The van der Waals surface area contributed by atoms with Crippen LogP contribution in [0.2, 0.25) is 5.02 Å². The average Bonchev–Trinajstić information content (AvgIpc) is 2.39. The number of nitrogens with one attached hydrogen (secondary N) is 2. The normalized spacial score (nSPS) is 23.7. The third kappa shape index (κ3) is 3.23. The molecule has 1 saturated carbocycles. The summed E-state index contributed by atoms with van der Waals surface area (Å²) in [4.78, 5) is 8.16. The monoisotopic (exact) mass is 269 g/mol. The van der Waals surface area contributed by atoms with Gasteiger partial charge in [0.25, 0.3) is 0 Å². The van der Waals surface area contributed by atoms with Crippen LogP contribution >= 0.6 is 11.6 Å². The lowest BCUT2D eigenvalue weighted by molar-refractivity contribution is 0.268. The van der Waals surface area contributed by atoms with Gasteiger partial charge in [-0.15, -0.1) is 0 Å². The van der Waals surface area contributed by atoms with Gasteiger partial charge in [0.1, 0.15) is 5.02 Å². The number of nitrogens with zero attached hydrogens (tertiary/aromatic N) is 2. The van der Waals surface area contributed by atoms with Gasteiger partial charge in [0, 0.05) is 6.54 Å². The van der Waals surface area contributed by atoms with Gasteiger partial charge in [-0.25, -0.2) is 10.8 Å². The molecule has 1 fully saturated rings. The van der Waals surface area contributed by atoms with Crippen LogP contribution in [0.15, 0.2) is 6.20 Å². The Kier molecular flexibility index (Phi) is 4.60. The average molecular weight is 270 g/mol. The van der Waals surface area contributed by atoms with Crippen molar-refractivity contribution >= 4 is 23.4 Å². The fraction of sp³-hybridized carbons (Fsp3) is 0.667. The maximum Gasteiger partial charge on any atom is 0.239 e. The molecular formula is C12H20ClN5. The fourth-order valence-corrected chi connectivity index (χ4v) is 2.64. The number of aromatic nitrogens is 2. The fourth-order valence-electron chi connectivity index (χ4n) is 2.48. The molecule has 1 aliphatic carbocycles. The highest BCUT2D eigenvalue weighted by atomic mass is 35.5. The smallest absolute Gasteiger partial charge is 0.239 e. The highest BCUT2D eigenvalue weighted by Gasteiger charge is 2.21. The van der Waals surface area contributed by atoms with Crippen LogP contribution in [-0.4, -0.2) is 16.5 Å². The molecule has 1 aliphatic rings. The number of nitrogen functional groups attached to an aromatic ring is 1. The summed E-state index contributed by atoms with van der Waals surface area (Å²) in [6.45, 7) is 3.22. The molecule has 2 atom stereocenters. The predicted octanol–water partition coefficient (Wildman–Crippen LogP) is 2.65. The largest absolute Gasteiger partial charge is 0.368 e. The van der Waals surface area contributed by atoms with E-state index in [-0.39, 0.29) is 0 Å². The molecule has 2 rings (SSSR count). The predicted molar refractivity (Wildman–Crippen MR) is 74.5 cm³/mol. The molecular weight excluding hydrogens is 250 g/mol. The van der Waals surface area contributed by atoms with Gasteiger partial charge in [0.05, 0.1) is 6.20 Å². The molecule has 0 saturated heterocycles. The molecule has 4 N–H and O–H groups in total. The molecule has 100 valence electrons. The summed E-state index contributed by atoms with van der Waals surface area (Å²) < 4.78 is 0. The maximum absolute atomic E-state index is 6.05. The van der Waals surface area contributed by atoms with Gasteiger partial charge in [-0.2, -0.15) is 4.98 Å². The molecule has 18 heavy (non-hydrogen) atoms. The van der Waals surface area contributed by atoms with E-state index in [1.165, 1.54) is 25.7 Å². The van der Waals surface area contributed by atoms with Crippen molar-refractivity contribution in [2.24, 2.45) is 17.7 Å². The first kappa shape index (κ1) is 13.4. The minimum atomic E-state index is 0.374. The molecule has 0 bridgehead atoms. The maximum atomic E-state index is 6.05. The summed E-state index contributed by atoms with van der Waals surface area (Å²) in [7, 11) is 0. The zero-order valence-corrected chi connectivity index (χ0v) is 11.4. The minimum absolute atomic E-state index is 0.374. The van der Waals surface area contributed by atoms with E-state index < -0.39 is 0 Å². The standard InChI is InChI=1S/C12H20ClN5/c1-8-4-2-3-5-9(8)6-15-11-10(13)7-16-12(17-11)18-14/h7-9H,2-6,14H2,1H3,(H2,15,16,17,18). The molecule has 0 aromatic carbocycles. The van der Waals surface area contributed by atoms with Gasteiger partial charge in [-0.05, 0) is 18.3 Å². The quantitative estimate of drug-likeness (QED) is 0.579. The van der Waals surface area contributed by atoms with E-state index in [4.69, 9.17) is 17.4 Å². The van der Waals surface area contributed by atoms with Gasteiger partial charge in [0.2, 0.25) is 5.95 Å². The van der Waals surface area contributed by atoms with Crippen molar-refractivity contribution in [1.29, 1.82) is 0 Å². The molecule has 1 aromatic rings. The van der Waals surface area contributed by atoms with Crippen molar-refractivity contribution in [1.82, 2.24) is 9.97 Å². The van der Waals surface area contributed by atoms with E-state index in [0.717, 1.165) is 12.5 Å². The number of hydrazine groups is 1. The first-order valence-electron chi connectivity index (χ1n) is 6.43. The third-order valence-corrected chi connectivity index (χ3v) is 3.97. The second-order valence-corrected chi connectivity index (χ2v) is 5.34. The number of halogens is 1. The molecule has 2 unspecified atom stereocenters. The first-order valence-corrected chi connectivity index (χ1v) is 6.81. The Labute approximate surface area is 112 Å². The second-order valence-electron chi connectivity index (χ2n) is 4.94. The van der Waals surface area contributed by atoms with Crippen LogP contribution in [0.4, 0.5) is 11.8 Å². The molecule has 5 nitrogen and oxygen atoms in total. The van der Waals surface area contributed by atoms with Gasteiger partial charge in [-0.3, -0.25) is 5.43 Å². The van der Waals surface area contributed by atoms with Crippen molar-refractivity contribution in [2.45, 2.75) is 32.6 Å². The van der Waals surface area contributed by atoms with Crippen molar-refractivity contribution in [3.8, 4) is 0 Å². The van der Waals surface area contributed by atoms with Crippen molar-refractivity contribution < 1.29 is 0 Å². The summed E-state index contributed by atoms with van der Waals surface area (Å²) in [6, 6.07) is 0. The Morgan fingerprint density at radius 2 is 2.22 bits per heavy atom. The van der Waals surface area contributed by atoms with Gasteiger partial charge in [-0.1, -0.05) is 37.8 Å².